The van der Waals surface area contributed by atoms with Crippen molar-refractivity contribution in [3.63, 3.8) is 0 Å². The number of nitrogens with zero attached hydrogens (tertiary/aromatic N) is 1. The number of nitrogen functional groups attached to an aromatic ring is 1. The van der Waals surface area contributed by atoms with Crippen LogP contribution in [0.2, 0.25) is 5.02 Å². The van der Waals surface area contributed by atoms with E-state index in [0.717, 1.165) is 25.2 Å². The molecule has 1 aromatic rings. The number of benzene rings is 1. The number of nitrogens with one attached hydrogen (secondary N) is 1. The lowest BCUT2D eigenvalue weighted by atomic mass is 10.2. The quantitative estimate of drug-likeness (QED) is 0.599. The fourth-order valence-corrected chi connectivity index (χ4v) is 1.55. The molecule has 0 aliphatic rings. The fraction of sp³-hybridized carbons (Fsp3) is 0.455. The fourth-order valence-electron chi connectivity index (χ4n) is 1.29. The molecule has 84 valence electrons. The summed E-state index contributed by atoms with van der Waals surface area (Å²) in [4.78, 5) is 2.16. The van der Waals surface area contributed by atoms with Gasteiger partial charge in [0.25, 0.3) is 0 Å². The predicted molar refractivity (Wildman–Crippen MR) is 67.5 cm³/mol. The van der Waals surface area contributed by atoms with E-state index in [4.69, 9.17) is 17.3 Å². The Morgan fingerprint density at radius 1 is 1.40 bits per heavy atom. The Morgan fingerprint density at radius 3 is 2.73 bits per heavy atom. The molecule has 0 atom stereocenters. The Morgan fingerprint density at radius 2 is 2.13 bits per heavy atom. The minimum absolute atomic E-state index is 0.680. The number of rotatable bonds is 5. The molecule has 15 heavy (non-hydrogen) atoms. The Kier molecular flexibility index (Phi) is 4.72. The van der Waals surface area contributed by atoms with E-state index in [1.807, 2.05) is 12.1 Å². The summed E-state index contributed by atoms with van der Waals surface area (Å²) in [5.41, 5.74) is 7.25. The summed E-state index contributed by atoms with van der Waals surface area (Å²) in [6, 6.07) is 5.52. The highest BCUT2D eigenvalue weighted by Gasteiger charge is 1.99. The molecule has 3 nitrogen and oxygen atoms in total. The van der Waals surface area contributed by atoms with E-state index in [1.54, 1.807) is 6.07 Å². The van der Waals surface area contributed by atoms with Crippen LogP contribution in [0.3, 0.4) is 0 Å². The second-order valence-corrected chi connectivity index (χ2v) is 4.23. The first-order valence-electron chi connectivity index (χ1n) is 5.03. The van der Waals surface area contributed by atoms with Gasteiger partial charge in [-0.25, -0.2) is 0 Å². The molecular weight excluding hydrogens is 210 g/mol. The first-order chi connectivity index (χ1) is 7.09. The maximum Gasteiger partial charge on any atom is 0.0657 e. The van der Waals surface area contributed by atoms with Crippen molar-refractivity contribution in [1.29, 1.82) is 0 Å². The van der Waals surface area contributed by atoms with Crippen LogP contribution in [-0.4, -0.2) is 32.1 Å². The molecule has 0 aliphatic heterocycles. The first kappa shape index (κ1) is 12.1. The van der Waals surface area contributed by atoms with E-state index in [0.29, 0.717) is 10.7 Å². The van der Waals surface area contributed by atoms with Gasteiger partial charge >= 0.3 is 0 Å². The zero-order chi connectivity index (χ0) is 11.3. The van der Waals surface area contributed by atoms with E-state index in [1.165, 1.54) is 0 Å². The van der Waals surface area contributed by atoms with Crippen molar-refractivity contribution in [2.45, 2.75) is 6.42 Å². The maximum atomic E-state index is 6.02. The first-order valence-corrected chi connectivity index (χ1v) is 5.41. The Hall–Kier alpha value is -0.930. The van der Waals surface area contributed by atoms with Crippen molar-refractivity contribution in [3.05, 3.63) is 23.2 Å². The molecule has 1 aromatic carbocycles. The maximum absolute atomic E-state index is 6.02. The Balaban J connectivity index is 2.37. The monoisotopic (exact) mass is 227 g/mol. The molecule has 0 fully saturated rings. The highest BCUT2D eigenvalue weighted by Crippen LogP contribution is 2.23. The second kappa shape index (κ2) is 5.83. The largest absolute Gasteiger partial charge is 0.399 e. The minimum atomic E-state index is 0.680. The van der Waals surface area contributed by atoms with Gasteiger partial charge in [0.1, 0.15) is 0 Å². The lowest BCUT2D eigenvalue weighted by Crippen LogP contribution is -2.16. The highest BCUT2D eigenvalue weighted by molar-refractivity contribution is 6.33. The van der Waals surface area contributed by atoms with Gasteiger partial charge in [0.2, 0.25) is 0 Å². The van der Waals surface area contributed by atoms with Crippen molar-refractivity contribution >= 4 is 23.0 Å². The van der Waals surface area contributed by atoms with Gasteiger partial charge in [0.15, 0.2) is 0 Å². The lowest BCUT2D eigenvalue weighted by Gasteiger charge is -2.11. The van der Waals surface area contributed by atoms with Crippen molar-refractivity contribution in [2.24, 2.45) is 0 Å². The van der Waals surface area contributed by atoms with Crippen LogP contribution in [0.5, 0.6) is 0 Å². The topological polar surface area (TPSA) is 41.3 Å². The zero-order valence-electron chi connectivity index (χ0n) is 9.26. The summed E-state index contributed by atoms with van der Waals surface area (Å²) in [5, 5.41) is 3.96. The van der Waals surface area contributed by atoms with Gasteiger partial charge in [-0.2, -0.15) is 0 Å². The summed E-state index contributed by atoms with van der Waals surface area (Å²) in [7, 11) is 4.13. The molecule has 0 bridgehead atoms. The van der Waals surface area contributed by atoms with Crippen molar-refractivity contribution in [3.8, 4) is 0 Å². The van der Waals surface area contributed by atoms with Crippen molar-refractivity contribution < 1.29 is 0 Å². The molecule has 0 amide bonds. The number of hydrogen-bond acceptors (Lipinski definition) is 3. The smallest absolute Gasteiger partial charge is 0.0657 e. The van der Waals surface area contributed by atoms with Crippen molar-refractivity contribution in [1.82, 2.24) is 4.90 Å². The number of nitrogens with two attached hydrogens (primary N) is 1. The summed E-state index contributed by atoms with van der Waals surface area (Å²) in [6.45, 7) is 1.99. The van der Waals surface area contributed by atoms with Crippen LogP contribution in [0.1, 0.15) is 6.42 Å². The molecule has 0 saturated carbocycles. The van der Waals surface area contributed by atoms with E-state index in [9.17, 15) is 0 Å². The van der Waals surface area contributed by atoms with Crippen molar-refractivity contribution in [2.75, 3.05) is 38.2 Å². The molecular formula is C11H18ClN3. The third-order valence-electron chi connectivity index (χ3n) is 2.09. The molecule has 1 rings (SSSR count). The van der Waals surface area contributed by atoms with Gasteiger partial charge in [-0.15, -0.1) is 0 Å². The van der Waals surface area contributed by atoms with Crippen LogP contribution in [0.25, 0.3) is 0 Å². The van der Waals surface area contributed by atoms with Crippen LogP contribution in [0, 0.1) is 0 Å². The molecule has 4 heteroatoms. The molecule has 0 heterocycles. The predicted octanol–water partition coefficient (Wildman–Crippen LogP) is 2.29. The number of halogens is 1. The van der Waals surface area contributed by atoms with Crippen LogP contribution >= 0.6 is 11.6 Å². The average molecular weight is 228 g/mol. The molecule has 0 unspecified atom stereocenters. The standard InChI is InChI=1S/C11H18ClN3/c1-15(2)7-3-6-14-11-5-4-9(13)8-10(11)12/h4-5,8,14H,3,6-7,13H2,1-2H3. The number of hydrogen-bond donors (Lipinski definition) is 2. The Bertz CT molecular complexity index is 313. The summed E-state index contributed by atoms with van der Waals surface area (Å²) in [6.07, 6.45) is 1.09. The summed E-state index contributed by atoms with van der Waals surface area (Å²) >= 11 is 6.02. The molecule has 0 spiro atoms. The van der Waals surface area contributed by atoms with Gasteiger partial charge < -0.3 is 16.0 Å². The second-order valence-electron chi connectivity index (χ2n) is 3.82. The number of anilines is 2. The molecule has 0 aliphatic carbocycles. The highest BCUT2D eigenvalue weighted by atomic mass is 35.5. The lowest BCUT2D eigenvalue weighted by molar-refractivity contribution is 0.405. The van der Waals surface area contributed by atoms with Gasteiger partial charge in [0, 0.05) is 12.2 Å². The van der Waals surface area contributed by atoms with E-state index in [-0.39, 0.29) is 0 Å². The Labute approximate surface area is 96.2 Å². The third kappa shape index (κ3) is 4.40. The van der Waals surface area contributed by atoms with Gasteiger partial charge in [-0.05, 0) is 45.3 Å². The van der Waals surface area contributed by atoms with Gasteiger partial charge in [-0.1, -0.05) is 11.6 Å². The minimum Gasteiger partial charge on any atom is -0.399 e. The van der Waals surface area contributed by atoms with Crippen LogP contribution in [-0.2, 0) is 0 Å². The van der Waals surface area contributed by atoms with Crippen LogP contribution in [0.15, 0.2) is 18.2 Å². The zero-order valence-corrected chi connectivity index (χ0v) is 10.0. The SMILES string of the molecule is CN(C)CCCNc1ccc(N)cc1Cl. The molecule has 0 aromatic heterocycles. The molecule has 0 radical (unpaired) electrons. The third-order valence-corrected chi connectivity index (χ3v) is 2.40. The van der Waals surface area contributed by atoms with Gasteiger partial charge in [0.05, 0.1) is 10.7 Å². The van der Waals surface area contributed by atoms with Gasteiger partial charge in [-0.3, -0.25) is 0 Å². The normalized spacial score (nSPS) is 10.7. The summed E-state index contributed by atoms with van der Waals surface area (Å²) < 4.78 is 0. The molecule has 3 N–H and O–H groups in total. The van der Waals surface area contributed by atoms with E-state index >= 15 is 0 Å². The van der Waals surface area contributed by atoms with E-state index in [2.05, 4.69) is 24.3 Å². The van der Waals surface area contributed by atoms with Crippen LogP contribution < -0.4 is 11.1 Å². The average Bonchev–Trinajstić information content (AvgIpc) is 2.14. The van der Waals surface area contributed by atoms with Crippen LogP contribution in [0.4, 0.5) is 11.4 Å². The summed E-state index contributed by atoms with van der Waals surface area (Å²) in [5.74, 6) is 0. The molecule has 0 saturated heterocycles. The van der Waals surface area contributed by atoms with E-state index < -0.39 is 0 Å².